The fourth-order valence-corrected chi connectivity index (χ4v) is 0.637. The van der Waals surface area contributed by atoms with Crippen molar-refractivity contribution < 1.29 is 4.79 Å². The van der Waals surface area contributed by atoms with Gasteiger partial charge in [0.05, 0.1) is 0 Å². The molecule has 0 bridgehead atoms. The highest BCUT2D eigenvalue weighted by Crippen LogP contribution is 2.14. The number of carbonyl (C=O) groups excluding carboxylic acids is 1. The van der Waals surface area contributed by atoms with Crippen molar-refractivity contribution in [1.82, 2.24) is 0 Å². The van der Waals surface area contributed by atoms with E-state index in [1.807, 2.05) is 20.8 Å². The SMILES string of the molecule is CCCCC=NC(=O)C(C)(C)C. The molecule has 0 N–H and O–H groups in total. The van der Waals surface area contributed by atoms with Crippen LogP contribution >= 0.6 is 0 Å². The lowest BCUT2D eigenvalue weighted by Crippen LogP contribution is -2.17. The van der Waals surface area contributed by atoms with E-state index < -0.39 is 0 Å². The molecule has 0 atom stereocenters. The molecular formula is C10H19NO. The van der Waals surface area contributed by atoms with E-state index >= 15 is 0 Å². The monoisotopic (exact) mass is 169 g/mol. The van der Waals surface area contributed by atoms with Crippen LogP contribution in [-0.4, -0.2) is 12.1 Å². The number of hydrogen-bond acceptors (Lipinski definition) is 1. The molecule has 0 aromatic carbocycles. The van der Waals surface area contributed by atoms with Gasteiger partial charge < -0.3 is 0 Å². The molecule has 0 unspecified atom stereocenters. The normalized spacial score (nSPS) is 12.3. The Hall–Kier alpha value is -0.660. The molecule has 2 nitrogen and oxygen atoms in total. The van der Waals surface area contributed by atoms with Gasteiger partial charge in [-0.3, -0.25) is 4.79 Å². The molecule has 0 rings (SSSR count). The van der Waals surface area contributed by atoms with E-state index in [0.717, 1.165) is 19.3 Å². The van der Waals surface area contributed by atoms with Crippen molar-refractivity contribution >= 4 is 12.1 Å². The molecule has 0 radical (unpaired) electrons. The summed E-state index contributed by atoms with van der Waals surface area (Å²) in [6, 6.07) is 0. The van der Waals surface area contributed by atoms with Crippen LogP contribution in [0.3, 0.4) is 0 Å². The van der Waals surface area contributed by atoms with E-state index in [1.165, 1.54) is 0 Å². The average Bonchev–Trinajstić information content (AvgIpc) is 1.96. The fourth-order valence-electron chi connectivity index (χ4n) is 0.637. The van der Waals surface area contributed by atoms with Gasteiger partial charge >= 0.3 is 0 Å². The van der Waals surface area contributed by atoms with Crippen LogP contribution in [0.1, 0.15) is 47.0 Å². The topological polar surface area (TPSA) is 29.4 Å². The van der Waals surface area contributed by atoms with Crippen LogP contribution in [0.4, 0.5) is 0 Å². The zero-order chi connectivity index (χ0) is 9.61. The molecular weight excluding hydrogens is 150 g/mol. The van der Waals surface area contributed by atoms with Gasteiger partial charge in [0, 0.05) is 11.6 Å². The first kappa shape index (κ1) is 11.3. The molecule has 0 aliphatic carbocycles. The van der Waals surface area contributed by atoms with Crippen LogP contribution in [0, 0.1) is 5.41 Å². The van der Waals surface area contributed by atoms with E-state index in [9.17, 15) is 4.79 Å². The summed E-state index contributed by atoms with van der Waals surface area (Å²) in [7, 11) is 0. The van der Waals surface area contributed by atoms with Crippen molar-refractivity contribution in [2.45, 2.75) is 47.0 Å². The summed E-state index contributed by atoms with van der Waals surface area (Å²) >= 11 is 0. The molecule has 0 aliphatic heterocycles. The zero-order valence-electron chi connectivity index (χ0n) is 8.55. The molecule has 12 heavy (non-hydrogen) atoms. The second-order valence-electron chi connectivity index (χ2n) is 4.01. The van der Waals surface area contributed by atoms with Gasteiger partial charge in [-0.1, -0.05) is 34.1 Å². The number of aliphatic imine (C=N–C) groups is 1. The number of rotatable bonds is 3. The number of amides is 1. The predicted molar refractivity (Wildman–Crippen MR) is 52.5 cm³/mol. The van der Waals surface area contributed by atoms with Crippen molar-refractivity contribution in [2.24, 2.45) is 10.4 Å². The predicted octanol–water partition coefficient (Wildman–Crippen LogP) is 2.82. The Morgan fingerprint density at radius 2 is 2.00 bits per heavy atom. The first-order valence-corrected chi connectivity index (χ1v) is 4.55. The van der Waals surface area contributed by atoms with Crippen LogP contribution in [0.25, 0.3) is 0 Å². The third kappa shape index (κ3) is 5.05. The van der Waals surface area contributed by atoms with Crippen molar-refractivity contribution in [3.63, 3.8) is 0 Å². The van der Waals surface area contributed by atoms with Crippen LogP contribution in [-0.2, 0) is 4.79 Å². The van der Waals surface area contributed by atoms with Gasteiger partial charge in [0.2, 0.25) is 0 Å². The third-order valence-corrected chi connectivity index (χ3v) is 1.54. The van der Waals surface area contributed by atoms with E-state index in [-0.39, 0.29) is 11.3 Å². The lowest BCUT2D eigenvalue weighted by atomic mass is 9.96. The smallest absolute Gasteiger partial charge is 0.250 e. The summed E-state index contributed by atoms with van der Waals surface area (Å²) in [5.74, 6) is -0.0291. The molecule has 0 aromatic heterocycles. The van der Waals surface area contributed by atoms with Gasteiger partial charge in [-0.25, -0.2) is 4.99 Å². The van der Waals surface area contributed by atoms with Crippen molar-refractivity contribution in [3.05, 3.63) is 0 Å². The fraction of sp³-hybridized carbons (Fsp3) is 0.800. The van der Waals surface area contributed by atoms with Crippen molar-refractivity contribution in [2.75, 3.05) is 0 Å². The van der Waals surface area contributed by atoms with Gasteiger partial charge in [0.15, 0.2) is 0 Å². The highest BCUT2D eigenvalue weighted by Gasteiger charge is 2.19. The van der Waals surface area contributed by atoms with Gasteiger partial charge in [-0.05, 0) is 12.8 Å². The summed E-state index contributed by atoms with van der Waals surface area (Å²) in [5, 5.41) is 0. The minimum absolute atomic E-state index is 0.0291. The maximum absolute atomic E-state index is 11.2. The first-order valence-electron chi connectivity index (χ1n) is 4.55. The summed E-state index contributed by atoms with van der Waals surface area (Å²) in [6.07, 6.45) is 4.91. The Bertz CT molecular complexity index is 165. The second-order valence-corrected chi connectivity index (χ2v) is 4.01. The number of carbonyl (C=O) groups is 1. The molecule has 1 amide bonds. The molecule has 0 aromatic rings. The Kier molecular flexibility index (Phi) is 4.79. The second kappa shape index (κ2) is 5.07. The van der Waals surface area contributed by atoms with Crippen molar-refractivity contribution in [3.8, 4) is 0 Å². The number of hydrogen-bond donors (Lipinski definition) is 0. The highest BCUT2D eigenvalue weighted by molar-refractivity contribution is 5.88. The van der Waals surface area contributed by atoms with Gasteiger partial charge in [0.25, 0.3) is 5.91 Å². The zero-order valence-corrected chi connectivity index (χ0v) is 8.55. The lowest BCUT2D eigenvalue weighted by Gasteiger charge is -2.11. The Morgan fingerprint density at radius 1 is 1.42 bits per heavy atom. The van der Waals surface area contributed by atoms with Crippen LogP contribution in [0.5, 0.6) is 0 Å². The van der Waals surface area contributed by atoms with Gasteiger partial charge in [-0.15, -0.1) is 0 Å². The summed E-state index contributed by atoms with van der Waals surface area (Å²) in [6.45, 7) is 7.77. The van der Waals surface area contributed by atoms with Gasteiger partial charge in [-0.2, -0.15) is 0 Å². The maximum atomic E-state index is 11.2. The maximum Gasteiger partial charge on any atom is 0.250 e. The highest BCUT2D eigenvalue weighted by atomic mass is 16.1. The molecule has 70 valence electrons. The van der Waals surface area contributed by atoms with E-state index in [2.05, 4.69) is 11.9 Å². The molecule has 0 aliphatic rings. The molecule has 2 heteroatoms. The van der Waals surface area contributed by atoms with E-state index in [1.54, 1.807) is 6.21 Å². The van der Waals surface area contributed by atoms with E-state index in [0.29, 0.717) is 0 Å². The molecule has 0 saturated heterocycles. The Morgan fingerprint density at radius 3 is 2.42 bits per heavy atom. The summed E-state index contributed by atoms with van der Waals surface area (Å²) in [5.41, 5.74) is -0.331. The quantitative estimate of drug-likeness (QED) is 0.472. The third-order valence-electron chi connectivity index (χ3n) is 1.54. The number of unbranched alkanes of at least 4 members (excludes halogenated alkanes) is 2. The van der Waals surface area contributed by atoms with Crippen LogP contribution in [0.15, 0.2) is 4.99 Å². The lowest BCUT2D eigenvalue weighted by molar-refractivity contribution is -0.124. The minimum Gasteiger partial charge on any atom is -0.272 e. The average molecular weight is 169 g/mol. The Labute approximate surface area is 75.1 Å². The Balaban J connectivity index is 3.77. The largest absolute Gasteiger partial charge is 0.272 e. The summed E-state index contributed by atoms with van der Waals surface area (Å²) < 4.78 is 0. The molecule has 0 fully saturated rings. The van der Waals surface area contributed by atoms with Crippen molar-refractivity contribution in [1.29, 1.82) is 0 Å². The molecule has 0 heterocycles. The van der Waals surface area contributed by atoms with E-state index in [4.69, 9.17) is 0 Å². The first-order chi connectivity index (χ1) is 5.48. The van der Waals surface area contributed by atoms with Gasteiger partial charge in [0.1, 0.15) is 0 Å². The van der Waals surface area contributed by atoms with Crippen LogP contribution in [0.2, 0.25) is 0 Å². The minimum atomic E-state index is -0.331. The number of nitrogens with zero attached hydrogens (tertiary/aromatic N) is 1. The summed E-state index contributed by atoms with van der Waals surface area (Å²) in [4.78, 5) is 15.1. The standard InChI is InChI=1S/C10H19NO/c1-5-6-7-8-11-9(12)10(2,3)4/h8H,5-7H2,1-4H3. The van der Waals surface area contributed by atoms with Crippen LogP contribution < -0.4 is 0 Å². The molecule has 0 saturated carbocycles. The molecule has 0 spiro atoms.